The first-order valence-corrected chi connectivity index (χ1v) is 6.95. The fourth-order valence-electron chi connectivity index (χ4n) is 2.08. The van der Waals surface area contributed by atoms with Gasteiger partial charge in [0.2, 0.25) is 5.89 Å². The van der Waals surface area contributed by atoms with E-state index in [0.717, 1.165) is 18.7 Å². The molecule has 5 nitrogen and oxygen atoms in total. The average molecular weight is 274 g/mol. The van der Waals surface area contributed by atoms with Gasteiger partial charge in [-0.1, -0.05) is 18.1 Å². The fourth-order valence-corrected chi connectivity index (χ4v) is 2.08. The minimum atomic E-state index is 0.517. The summed E-state index contributed by atoms with van der Waals surface area (Å²) >= 11 is 0. The standard InChI is InChI=1S/C15H22N4O/c1-5-6-16-10-14-17-18-15(20-14)19(4)13-8-11(2)7-12(3)9-13/h7-9,16H,5-6,10H2,1-4H3. The van der Waals surface area contributed by atoms with Crippen molar-refractivity contribution in [2.45, 2.75) is 33.7 Å². The van der Waals surface area contributed by atoms with Gasteiger partial charge in [-0.05, 0) is 50.1 Å². The van der Waals surface area contributed by atoms with Gasteiger partial charge >= 0.3 is 6.01 Å². The third kappa shape index (κ3) is 3.57. The van der Waals surface area contributed by atoms with Crippen molar-refractivity contribution < 1.29 is 4.42 Å². The van der Waals surface area contributed by atoms with Gasteiger partial charge in [-0.25, -0.2) is 0 Å². The van der Waals surface area contributed by atoms with Crippen LogP contribution in [0.2, 0.25) is 0 Å². The van der Waals surface area contributed by atoms with Crippen LogP contribution in [0.25, 0.3) is 0 Å². The fraction of sp³-hybridized carbons (Fsp3) is 0.467. The van der Waals surface area contributed by atoms with Crippen molar-refractivity contribution in [1.29, 1.82) is 0 Å². The second-order valence-electron chi connectivity index (χ2n) is 5.06. The van der Waals surface area contributed by atoms with E-state index in [9.17, 15) is 0 Å². The van der Waals surface area contributed by atoms with E-state index < -0.39 is 0 Å². The molecule has 2 rings (SSSR count). The van der Waals surface area contributed by atoms with Crippen LogP contribution in [-0.4, -0.2) is 23.8 Å². The number of hydrogen-bond acceptors (Lipinski definition) is 5. The first-order chi connectivity index (χ1) is 9.60. The predicted molar refractivity (Wildman–Crippen MR) is 80.3 cm³/mol. The van der Waals surface area contributed by atoms with Gasteiger partial charge in [-0.15, -0.1) is 5.10 Å². The Labute approximate surface area is 120 Å². The number of aromatic nitrogens is 2. The van der Waals surface area contributed by atoms with Gasteiger partial charge in [0.1, 0.15) is 0 Å². The molecule has 1 aromatic carbocycles. The highest BCUT2D eigenvalue weighted by atomic mass is 16.4. The first kappa shape index (κ1) is 14.5. The van der Waals surface area contributed by atoms with Crippen LogP contribution in [0.3, 0.4) is 0 Å². The van der Waals surface area contributed by atoms with Crippen LogP contribution in [-0.2, 0) is 6.54 Å². The van der Waals surface area contributed by atoms with Crippen LogP contribution in [0.1, 0.15) is 30.4 Å². The minimum Gasteiger partial charge on any atom is -0.406 e. The quantitative estimate of drug-likeness (QED) is 0.821. The van der Waals surface area contributed by atoms with E-state index in [1.807, 2.05) is 11.9 Å². The van der Waals surface area contributed by atoms with E-state index in [2.05, 4.69) is 54.5 Å². The molecule has 1 heterocycles. The van der Waals surface area contributed by atoms with Crippen molar-refractivity contribution in [3.05, 3.63) is 35.2 Å². The minimum absolute atomic E-state index is 0.517. The monoisotopic (exact) mass is 274 g/mol. The molecule has 0 fully saturated rings. The molecule has 108 valence electrons. The number of rotatable bonds is 6. The molecule has 0 aliphatic carbocycles. The maximum atomic E-state index is 5.67. The topological polar surface area (TPSA) is 54.2 Å². The summed E-state index contributed by atoms with van der Waals surface area (Å²) in [6.45, 7) is 7.85. The highest BCUT2D eigenvalue weighted by Gasteiger charge is 2.12. The molecule has 20 heavy (non-hydrogen) atoms. The van der Waals surface area contributed by atoms with Gasteiger partial charge in [0, 0.05) is 12.7 Å². The van der Waals surface area contributed by atoms with Crippen molar-refractivity contribution >= 4 is 11.7 Å². The molecule has 0 bridgehead atoms. The normalized spacial score (nSPS) is 10.8. The molecule has 0 amide bonds. The van der Waals surface area contributed by atoms with Crippen molar-refractivity contribution in [3.63, 3.8) is 0 Å². The average Bonchev–Trinajstić information content (AvgIpc) is 2.86. The molecule has 1 aromatic heterocycles. The zero-order valence-corrected chi connectivity index (χ0v) is 12.6. The van der Waals surface area contributed by atoms with E-state index >= 15 is 0 Å². The molecule has 2 aromatic rings. The molecule has 0 atom stereocenters. The lowest BCUT2D eigenvalue weighted by Gasteiger charge is -2.15. The summed E-state index contributed by atoms with van der Waals surface area (Å²) in [6, 6.07) is 6.87. The molecule has 0 aliphatic rings. The van der Waals surface area contributed by atoms with Gasteiger partial charge in [0.25, 0.3) is 0 Å². The van der Waals surface area contributed by atoms with Gasteiger partial charge in [-0.2, -0.15) is 0 Å². The van der Waals surface area contributed by atoms with Crippen molar-refractivity contribution in [2.75, 3.05) is 18.5 Å². The van der Waals surface area contributed by atoms with E-state index in [1.165, 1.54) is 11.1 Å². The molecule has 0 aliphatic heterocycles. The molecule has 1 N–H and O–H groups in total. The maximum absolute atomic E-state index is 5.67. The van der Waals surface area contributed by atoms with Crippen LogP contribution >= 0.6 is 0 Å². The summed E-state index contributed by atoms with van der Waals surface area (Å²) in [5, 5.41) is 11.4. The lowest BCUT2D eigenvalue weighted by molar-refractivity contribution is 0.472. The van der Waals surface area contributed by atoms with Gasteiger partial charge in [0.05, 0.1) is 6.54 Å². The summed E-state index contributed by atoms with van der Waals surface area (Å²) in [7, 11) is 1.94. The molecule has 0 radical (unpaired) electrons. The highest BCUT2D eigenvalue weighted by Crippen LogP contribution is 2.24. The Morgan fingerprint density at radius 3 is 2.50 bits per heavy atom. The predicted octanol–water partition coefficient (Wildman–Crippen LogP) is 2.95. The molecule has 0 saturated carbocycles. The van der Waals surface area contributed by atoms with Crippen molar-refractivity contribution in [1.82, 2.24) is 15.5 Å². The summed E-state index contributed by atoms with van der Waals surface area (Å²) in [5.74, 6) is 0.615. The lowest BCUT2D eigenvalue weighted by Crippen LogP contribution is -2.14. The zero-order valence-electron chi connectivity index (χ0n) is 12.6. The Hall–Kier alpha value is -1.88. The second-order valence-corrected chi connectivity index (χ2v) is 5.06. The number of benzene rings is 1. The molecular weight excluding hydrogens is 252 g/mol. The molecule has 0 spiro atoms. The number of anilines is 2. The summed E-state index contributed by atoms with van der Waals surface area (Å²) in [6.07, 6.45) is 1.09. The maximum Gasteiger partial charge on any atom is 0.322 e. The molecule has 0 unspecified atom stereocenters. The summed E-state index contributed by atoms with van der Waals surface area (Å²) < 4.78 is 5.67. The third-order valence-electron chi connectivity index (χ3n) is 3.04. The number of hydrogen-bond donors (Lipinski definition) is 1. The zero-order chi connectivity index (χ0) is 14.5. The Morgan fingerprint density at radius 2 is 1.85 bits per heavy atom. The Morgan fingerprint density at radius 1 is 1.15 bits per heavy atom. The Kier molecular flexibility index (Phi) is 4.74. The second kappa shape index (κ2) is 6.52. The van der Waals surface area contributed by atoms with E-state index in [4.69, 9.17) is 4.42 Å². The third-order valence-corrected chi connectivity index (χ3v) is 3.04. The summed E-state index contributed by atoms with van der Waals surface area (Å²) in [4.78, 5) is 1.91. The van der Waals surface area contributed by atoms with Gasteiger partial charge < -0.3 is 9.73 Å². The van der Waals surface area contributed by atoms with Crippen LogP contribution in [0.4, 0.5) is 11.7 Å². The molecular formula is C15H22N4O. The molecule has 5 heteroatoms. The van der Waals surface area contributed by atoms with Crippen LogP contribution in [0, 0.1) is 13.8 Å². The van der Waals surface area contributed by atoms with Crippen molar-refractivity contribution in [2.24, 2.45) is 0 Å². The van der Waals surface area contributed by atoms with Crippen LogP contribution in [0.15, 0.2) is 22.6 Å². The Bertz CT molecular complexity index is 545. The highest BCUT2D eigenvalue weighted by molar-refractivity contribution is 5.57. The molecule has 0 saturated heterocycles. The van der Waals surface area contributed by atoms with Crippen LogP contribution < -0.4 is 10.2 Å². The van der Waals surface area contributed by atoms with E-state index in [1.54, 1.807) is 0 Å². The van der Waals surface area contributed by atoms with Gasteiger partial charge in [0.15, 0.2) is 0 Å². The smallest absolute Gasteiger partial charge is 0.322 e. The summed E-state index contributed by atoms with van der Waals surface area (Å²) in [5.41, 5.74) is 3.49. The number of nitrogens with one attached hydrogen (secondary N) is 1. The van der Waals surface area contributed by atoms with E-state index in [-0.39, 0.29) is 0 Å². The largest absolute Gasteiger partial charge is 0.406 e. The number of aryl methyl sites for hydroxylation is 2. The Balaban J connectivity index is 2.10. The van der Waals surface area contributed by atoms with Crippen molar-refractivity contribution in [3.8, 4) is 0 Å². The first-order valence-electron chi connectivity index (χ1n) is 6.95. The van der Waals surface area contributed by atoms with Gasteiger partial charge in [-0.3, -0.25) is 4.90 Å². The number of nitrogens with zero attached hydrogens (tertiary/aromatic N) is 3. The van der Waals surface area contributed by atoms with Crippen LogP contribution in [0.5, 0.6) is 0 Å². The SMILES string of the molecule is CCCNCc1nnc(N(C)c2cc(C)cc(C)c2)o1. The lowest BCUT2D eigenvalue weighted by atomic mass is 10.1. The van der Waals surface area contributed by atoms with E-state index in [0.29, 0.717) is 18.5 Å².